The zero-order chi connectivity index (χ0) is 12.3. The van der Waals surface area contributed by atoms with Crippen molar-refractivity contribution in [2.45, 2.75) is 44.5 Å². The number of rotatable bonds is 5. The Morgan fingerprint density at radius 2 is 1.80 bits per heavy atom. The summed E-state index contributed by atoms with van der Waals surface area (Å²) >= 11 is 3.34. The van der Waals surface area contributed by atoms with E-state index in [9.17, 15) is 4.79 Å². The van der Waals surface area contributed by atoms with E-state index in [1.165, 1.54) is 0 Å². The highest BCUT2D eigenvalue weighted by Crippen LogP contribution is 2.16. The molecule has 0 unspecified atom stereocenters. The Morgan fingerprint density at radius 1 is 1.33 bits per heavy atom. The Labute approximate surface area is 102 Å². The number of alkyl halides is 1. The molecule has 0 saturated carbocycles. The highest BCUT2D eigenvalue weighted by atomic mass is 79.9. The van der Waals surface area contributed by atoms with Crippen molar-refractivity contribution in [3.63, 3.8) is 0 Å². The monoisotopic (exact) mass is 278 g/mol. The Hall–Kier alpha value is -0.0900. The number of likely N-dealkylation sites (N-methyl/N-ethyl adjacent to an activating group) is 1. The lowest BCUT2D eigenvalue weighted by Gasteiger charge is -2.35. The molecule has 0 aromatic carbocycles. The highest BCUT2D eigenvalue weighted by molar-refractivity contribution is 9.10. The van der Waals surface area contributed by atoms with E-state index in [1.54, 1.807) is 0 Å². The van der Waals surface area contributed by atoms with E-state index in [0.29, 0.717) is 6.54 Å². The van der Waals surface area contributed by atoms with Crippen molar-refractivity contribution in [3.8, 4) is 0 Å². The van der Waals surface area contributed by atoms with Gasteiger partial charge in [0, 0.05) is 12.1 Å². The minimum Gasteiger partial charge on any atom is -0.353 e. The van der Waals surface area contributed by atoms with Gasteiger partial charge in [-0.3, -0.25) is 9.69 Å². The second kappa shape index (κ2) is 5.30. The number of hydrogen-bond donors (Lipinski definition) is 1. The van der Waals surface area contributed by atoms with E-state index in [1.807, 2.05) is 13.8 Å². The maximum absolute atomic E-state index is 11.6. The molecule has 0 aliphatic rings. The fraction of sp³-hybridized carbons (Fsp3) is 0.909. The second-order valence-electron chi connectivity index (χ2n) is 4.98. The molecule has 0 aromatic heterocycles. The summed E-state index contributed by atoms with van der Waals surface area (Å²) in [6, 6.07) is 0. The van der Waals surface area contributed by atoms with E-state index >= 15 is 0 Å². The van der Waals surface area contributed by atoms with Gasteiger partial charge in [0.2, 0.25) is 5.91 Å². The minimum absolute atomic E-state index is 0.0112. The predicted octanol–water partition coefficient (Wildman–Crippen LogP) is 2.01. The van der Waals surface area contributed by atoms with Crippen LogP contribution in [-0.2, 0) is 4.79 Å². The summed E-state index contributed by atoms with van der Waals surface area (Å²) < 4.78 is -0.492. The molecule has 0 aromatic rings. The van der Waals surface area contributed by atoms with Gasteiger partial charge in [-0.15, -0.1) is 0 Å². The third-order valence-electron chi connectivity index (χ3n) is 2.73. The van der Waals surface area contributed by atoms with Crippen LogP contribution >= 0.6 is 15.9 Å². The van der Waals surface area contributed by atoms with Crippen LogP contribution in [0.4, 0.5) is 0 Å². The van der Waals surface area contributed by atoms with Crippen molar-refractivity contribution >= 4 is 21.8 Å². The third kappa shape index (κ3) is 4.98. The van der Waals surface area contributed by atoms with Gasteiger partial charge in [0.15, 0.2) is 0 Å². The molecule has 0 saturated heterocycles. The third-order valence-corrected chi connectivity index (χ3v) is 3.09. The lowest BCUT2D eigenvalue weighted by atomic mass is 10.0. The van der Waals surface area contributed by atoms with Crippen LogP contribution in [0, 0.1) is 0 Å². The fourth-order valence-corrected chi connectivity index (χ4v) is 1.21. The SMILES string of the molecule is CCN(C)C(C)(C)CNC(=O)C(C)(C)Br. The summed E-state index contributed by atoms with van der Waals surface area (Å²) in [7, 11) is 2.06. The molecule has 0 fully saturated rings. The predicted molar refractivity (Wildman–Crippen MR) is 68.4 cm³/mol. The first kappa shape index (κ1) is 14.9. The first-order valence-corrected chi connectivity index (χ1v) is 6.09. The molecule has 0 heterocycles. The fourth-order valence-electron chi connectivity index (χ4n) is 1.07. The Bertz CT molecular complexity index is 221. The van der Waals surface area contributed by atoms with Crippen LogP contribution in [0.15, 0.2) is 0 Å². The van der Waals surface area contributed by atoms with E-state index in [2.05, 4.69) is 54.0 Å². The average Bonchev–Trinajstić information content (AvgIpc) is 2.11. The van der Waals surface area contributed by atoms with Crippen molar-refractivity contribution in [2.75, 3.05) is 20.1 Å². The van der Waals surface area contributed by atoms with Crippen molar-refractivity contribution in [1.82, 2.24) is 10.2 Å². The molecule has 90 valence electrons. The number of hydrogen-bond acceptors (Lipinski definition) is 2. The Morgan fingerprint density at radius 3 is 2.13 bits per heavy atom. The number of carbonyl (C=O) groups is 1. The number of halogens is 1. The molecule has 0 atom stereocenters. The van der Waals surface area contributed by atoms with Gasteiger partial charge >= 0.3 is 0 Å². The molecule has 3 nitrogen and oxygen atoms in total. The normalized spacial score (nSPS) is 13.1. The van der Waals surface area contributed by atoms with Gasteiger partial charge in [-0.1, -0.05) is 22.9 Å². The number of nitrogens with zero attached hydrogens (tertiary/aromatic N) is 1. The minimum atomic E-state index is -0.492. The maximum atomic E-state index is 11.6. The first-order valence-electron chi connectivity index (χ1n) is 5.29. The zero-order valence-electron chi connectivity index (χ0n) is 10.6. The van der Waals surface area contributed by atoms with Crippen LogP contribution < -0.4 is 5.32 Å². The van der Waals surface area contributed by atoms with Gasteiger partial charge in [-0.05, 0) is 41.3 Å². The van der Waals surface area contributed by atoms with Crippen LogP contribution in [-0.4, -0.2) is 40.8 Å². The molecule has 0 aliphatic heterocycles. The van der Waals surface area contributed by atoms with Crippen molar-refractivity contribution < 1.29 is 4.79 Å². The molecule has 15 heavy (non-hydrogen) atoms. The lowest BCUT2D eigenvalue weighted by Crippen LogP contribution is -2.52. The number of nitrogens with one attached hydrogen (secondary N) is 1. The molecule has 1 amide bonds. The first-order chi connectivity index (χ1) is 6.61. The molecule has 0 bridgehead atoms. The van der Waals surface area contributed by atoms with Crippen molar-refractivity contribution in [2.24, 2.45) is 0 Å². The molecule has 4 heteroatoms. The quantitative estimate of drug-likeness (QED) is 0.781. The molecule has 0 rings (SSSR count). The summed E-state index contributed by atoms with van der Waals surface area (Å²) in [6.45, 7) is 11.7. The maximum Gasteiger partial charge on any atom is 0.236 e. The highest BCUT2D eigenvalue weighted by Gasteiger charge is 2.27. The largest absolute Gasteiger partial charge is 0.353 e. The summed E-state index contributed by atoms with van der Waals surface area (Å²) in [5.41, 5.74) is -0.0112. The van der Waals surface area contributed by atoms with E-state index in [4.69, 9.17) is 0 Å². The molecular formula is C11H23BrN2O. The molecule has 0 spiro atoms. The average molecular weight is 279 g/mol. The molecule has 1 N–H and O–H groups in total. The van der Waals surface area contributed by atoms with Crippen LogP contribution in [0.25, 0.3) is 0 Å². The standard InChI is InChI=1S/C11H23BrN2O/c1-7-14(6)10(2,3)8-13-9(15)11(4,5)12/h7-8H2,1-6H3,(H,13,15). The van der Waals surface area contributed by atoms with Crippen LogP contribution in [0.5, 0.6) is 0 Å². The summed E-state index contributed by atoms with van der Waals surface area (Å²) in [6.07, 6.45) is 0. The van der Waals surface area contributed by atoms with Crippen LogP contribution in [0.3, 0.4) is 0 Å². The van der Waals surface area contributed by atoms with Gasteiger partial charge in [0.25, 0.3) is 0 Å². The van der Waals surface area contributed by atoms with Gasteiger partial charge in [0.05, 0.1) is 4.32 Å². The van der Waals surface area contributed by atoms with Crippen LogP contribution in [0.2, 0.25) is 0 Å². The molecular weight excluding hydrogens is 256 g/mol. The van der Waals surface area contributed by atoms with Gasteiger partial charge < -0.3 is 5.32 Å². The molecule has 0 aliphatic carbocycles. The molecule has 0 radical (unpaired) electrons. The number of carbonyl (C=O) groups excluding carboxylic acids is 1. The number of amides is 1. The van der Waals surface area contributed by atoms with E-state index < -0.39 is 4.32 Å². The topological polar surface area (TPSA) is 32.3 Å². The van der Waals surface area contributed by atoms with Gasteiger partial charge in [0.1, 0.15) is 0 Å². The second-order valence-corrected chi connectivity index (χ2v) is 6.96. The Kier molecular flexibility index (Phi) is 5.27. The van der Waals surface area contributed by atoms with E-state index in [-0.39, 0.29) is 11.4 Å². The summed E-state index contributed by atoms with van der Waals surface area (Å²) in [5, 5.41) is 2.95. The zero-order valence-corrected chi connectivity index (χ0v) is 12.2. The van der Waals surface area contributed by atoms with Gasteiger partial charge in [-0.2, -0.15) is 0 Å². The van der Waals surface area contributed by atoms with Crippen LogP contribution in [0.1, 0.15) is 34.6 Å². The van der Waals surface area contributed by atoms with E-state index in [0.717, 1.165) is 6.54 Å². The van der Waals surface area contributed by atoms with Gasteiger partial charge in [-0.25, -0.2) is 0 Å². The summed E-state index contributed by atoms with van der Waals surface area (Å²) in [5.74, 6) is 0.0279. The lowest BCUT2D eigenvalue weighted by molar-refractivity contribution is -0.123. The van der Waals surface area contributed by atoms with Crippen molar-refractivity contribution in [3.05, 3.63) is 0 Å². The van der Waals surface area contributed by atoms with Crippen molar-refractivity contribution in [1.29, 1.82) is 0 Å². The summed E-state index contributed by atoms with van der Waals surface area (Å²) in [4.78, 5) is 13.9. The Balaban J connectivity index is 4.22. The smallest absolute Gasteiger partial charge is 0.236 e.